The van der Waals surface area contributed by atoms with Crippen LogP contribution in [-0.4, -0.2) is 20.9 Å². The molecule has 31 heavy (non-hydrogen) atoms. The second-order valence-electron chi connectivity index (χ2n) is 11.2. The van der Waals surface area contributed by atoms with Crippen molar-refractivity contribution < 1.29 is 14.1 Å². The van der Waals surface area contributed by atoms with E-state index >= 15 is 0 Å². The number of aryl methyl sites for hydroxylation is 1. The third-order valence-corrected chi connectivity index (χ3v) is 7.77. The Labute approximate surface area is 193 Å². The van der Waals surface area contributed by atoms with Gasteiger partial charge in [-0.1, -0.05) is 37.1 Å². The lowest BCUT2D eigenvalue weighted by Crippen LogP contribution is -2.50. The molecule has 1 aliphatic rings. The van der Waals surface area contributed by atoms with E-state index < -0.39 is 17.0 Å². The molecule has 0 amide bonds. The van der Waals surface area contributed by atoms with Gasteiger partial charge < -0.3 is 9.29 Å². The van der Waals surface area contributed by atoms with Gasteiger partial charge in [0.05, 0.1) is 5.54 Å². The first-order chi connectivity index (χ1) is 14.3. The molecule has 0 spiro atoms. The van der Waals surface area contributed by atoms with Gasteiger partial charge in [-0.15, -0.1) is 4.72 Å². The van der Waals surface area contributed by atoms with E-state index in [-0.39, 0.29) is 16.3 Å². The third-order valence-electron chi connectivity index (χ3n) is 6.02. The Morgan fingerprint density at radius 3 is 2.48 bits per heavy atom. The van der Waals surface area contributed by atoms with Crippen LogP contribution >= 0.6 is 0 Å². The van der Waals surface area contributed by atoms with Crippen molar-refractivity contribution in [2.75, 3.05) is 0 Å². The molecule has 0 aliphatic heterocycles. The minimum Gasteiger partial charge on any atom is -0.598 e. The molecular formula is C26H43NO3S. The molecule has 0 saturated carbocycles. The van der Waals surface area contributed by atoms with Gasteiger partial charge in [0.1, 0.15) is 10.3 Å². The lowest BCUT2D eigenvalue weighted by molar-refractivity contribution is -0.155. The van der Waals surface area contributed by atoms with E-state index in [4.69, 9.17) is 4.74 Å². The number of nitrogens with one attached hydrogen (secondary N) is 1. The van der Waals surface area contributed by atoms with Crippen LogP contribution in [0.3, 0.4) is 0 Å². The zero-order valence-corrected chi connectivity index (χ0v) is 21.5. The second-order valence-corrected chi connectivity index (χ2v) is 13.2. The highest BCUT2D eigenvalue weighted by molar-refractivity contribution is 7.90. The van der Waals surface area contributed by atoms with E-state index in [1.54, 1.807) is 0 Å². The van der Waals surface area contributed by atoms with Crippen molar-refractivity contribution in [1.82, 2.24) is 4.72 Å². The molecule has 0 aromatic heterocycles. The van der Waals surface area contributed by atoms with Crippen LogP contribution in [0.1, 0.15) is 105 Å². The predicted molar refractivity (Wildman–Crippen MR) is 130 cm³/mol. The number of rotatable bonds is 5. The molecule has 0 saturated heterocycles. The van der Waals surface area contributed by atoms with Crippen molar-refractivity contribution >= 4 is 17.3 Å². The molecule has 1 aromatic rings. The summed E-state index contributed by atoms with van der Waals surface area (Å²) in [6, 6.07) is 8.61. The van der Waals surface area contributed by atoms with Crippen LogP contribution < -0.4 is 4.72 Å². The van der Waals surface area contributed by atoms with Crippen LogP contribution in [0.4, 0.5) is 0 Å². The first kappa shape index (κ1) is 26.2. The number of carbonyl (C=O) groups is 1. The maximum absolute atomic E-state index is 13.1. The van der Waals surface area contributed by atoms with Gasteiger partial charge in [-0.3, -0.25) is 4.79 Å². The highest BCUT2D eigenvalue weighted by atomic mass is 32.2. The van der Waals surface area contributed by atoms with E-state index in [1.165, 1.54) is 17.5 Å². The Hall–Kier alpha value is -1.04. The van der Waals surface area contributed by atoms with Crippen molar-refractivity contribution in [3.05, 3.63) is 35.4 Å². The molecule has 4 nitrogen and oxygen atoms in total. The van der Waals surface area contributed by atoms with E-state index in [1.807, 2.05) is 41.5 Å². The topological polar surface area (TPSA) is 61.4 Å². The number of carbonyl (C=O) groups excluding carboxylic acids is 1. The average molecular weight is 450 g/mol. The lowest BCUT2D eigenvalue weighted by Gasteiger charge is -2.38. The van der Waals surface area contributed by atoms with Crippen LogP contribution in [-0.2, 0) is 32.9 Å². The summed E-state index contributed by atoms with van der Waals surface area (Å²) in [6.45, 7) is 14.0. The maximum atomic E-state index is 13.1. The van der Waals surface area contributed by atoms with Crippen LogP contribution in [0.15, 0.2) is 24.3 Å². The molecule has 0 bridgehead atoms. The maximum Gasteiger partial charge on any atom is 0.306 e. The fourth-order valence-electron chi connectivity index (χ4n) is 4.26. The Balaban J connectivity index is 2.18. The summed E-state index contributed by atoms with van der Waals surface area (Å²) >= 11 is -1.16. The molecule has 0 heterocycles. The fraction of sp³-hybridized carbons (Fsp3) is 0.731. The normalized spacial score (nSPS) is 24.2. The first-order valence-electron chi connectivity index (χ1n) is 11.8. The lowest BCUT2D eigenvalue weighted by atomic mass is 9.79. The van der Waals surface area contributed by atoms with Gasteiger partial charge >= 0.3 is 5.97 Å². The standard InChI is InChI=1S/C26H43NO3S/c1-24(2,3)30-23(28)17-16-20-12-8-9-13-21-14-10-11-15-22(21)26(7,19-18-20)27-31(29)25(4,5)6/h10-11,14-15,20,27H,8-9,12-13,16-19H2,1-7H3/t20?,26-,31?/m1/s1. The molecule has 5 heteroatoms. The van der Waals surface area contributed by atoms with Crippen LogP contribution in [0, 0.1) is 5.92 Å². The summed E-state index contributed by atoms with van der Waals surface area (Å²) in [5.41, 5.74) is 1.82. The van der Waals surface area contributed by atoms with Gasteiger partial charge in [-0.2, -0.15) is 0 Å². The number of hydrogen-bond donors (Lipinski definition) is 1. The molecule has 176 valence electrons. The third kappa shape index (κ3) is 8.43. The SMILES string of the molecule is CC(C)(C)OC(=O)CCC1CCCCc2ccccc2[C@](C)(N[S+]([O-])C(C)(C)C)CC1. The van der Waals surface area contributed by atoms with Crippen LogP contribution in [0.2, 0.25) is 0 Å². The molecule has 1 aromatic carbocycles. The molecule has 0 radical (unpaired) electrons. The minimum atomic E-state index is -1.16. The average Bonchev–Trinajstić information content (AvgIpc) is 2.64. The van der Waals surface area contributed by atoms with Gasteiger partial charge in [0.15, 0.2) is 0 Å². The number of ether oxygens (including phenoxy) is 1. The second kappa shape index (κ2) is 10.7. The molecular weight excluding hydrogens is 406 g/mol. The minimum absolute atomic E-state index is 0.107. The molecule has 1 aliphatic carbocycles. The molecule has 0 fully saturated rings. The number of esters is 1. The van der Waals surface area contributed by atoms with Gasteiger partial charge in [0.2, 0.25) is 0 Å². The summed E-state index contributed by atoms with van der Waals surface area (Å²) in [4.78, 5) is 12.3. The Bertz CT molecular complexity index is 722. The highest BCUT2D eigenvalue weighted by Gasteiger charge is 2.38. The van der Waals surface area contributed by atoms with Crippen LogP contribution in [0.25, 0.3) is 0 Å². The van der Waals surface area contributed by atoms with Gasteiger partial charge in [0, 0.05) is 17.8 Å². The molecule has 1 N–H and O–H groups in total. The summed E-state index contributed by atoms with van der Waals surface area (Å²) in [5.74, 6) is 0.367. The van der Waals surface area contributed by atoms with Gasteiger partial charge in [0.25, 0.3) is 0 Å². The van der Waals surface area contributed by atoms with E-state index in [0.717, 1.165) is 38.5 Å². The monoisotopic (exact) mass is 449 g/mol. The Morgan fingerprint density at radius 2 is 1.84 bits per heavy atom. The Kier molecular flexibility index (Phi) is 9.06. The quantitative estimate of drug-likeness (QED) is 0.429. The van der Waals surface area contributed by atoms with Crippen molar-refractivity contribution in [3.8, 4) is 0 Å². The van der Waals surface area contributed by atoms with Crippen molar-refractivity contribution in [2.24, 2.45) is 5.92 Å². The van der Waals surface area contributed by atoms with Gasteiger partial charge in [-0.25, -0.2) is 0 Å². The molecule has 2 unspecified atom stereocenters. The number of hydrogen-bond acceptors (Lipinski definition) is 4. The fourth-order valence-corrected chi connectivity index (χ4v) is 5.19. The van der Waals surface area contributed by atoms with Crippen molar-refractivity contribution in [2.45, 2.75) is 116 Å². The van der Waals surface area contributed by atoms with Gasteiger partial charge in [-0.05, 0) is 97.6 Å². The van der Waals surface area contributed by atoms with E-state index in [0.29, 0.717) is 12.3 Å². The molecule has 2 rings (SSSR count). The van der Waals surface area contributed by atoms with E-state index in [2.05, 4.69) is 35.9 Å². The summed E-state index contributed by atoms with van der Waals surface area (Å²) in [7, 11) is 0. The zero-order valence-electron chi connectivity index (χ0n) is 20.7. The van der Waals surface area contributed by atoms with E-state index in [9.17, 15) is 9.35 Å². The number of benzene rings is 1. The van der Waals surface area contributed by atoms with Crippen molar-refractivity contribution in [1.29, 1.82) is 0 Å². The summed E-state index contributed by atoms with van der Waals surface area (Å²) in [6.07, 6.45) is 7.69. The summed E-state index contributed by atoms with van der Waals surface area (Å²) in [5, 5.41) is 0. The largest absolute Gasteiger partial charge is 0.598 e. The Morgan fingerprint density at radius 1 is 1.16 bits per heavy atom. The predicted octanol–water partition coefficient (Wildman–Crippen LogP) is 6.20. The van der Waals surface area contributed by atoms with Crippen LogP contribution in [0.5, 0.6) is 0 Å². The first-order valence-corrected chi connectivity index (χ1v) is 12.9. The highest BCUT2D eigenvalue weighted by Crippen LogP contribution is 2.36. The smallest absolute Gasteiger partial charge is 0.306 e. The van der Waals surface area contributed by atoms with Crippen molar-refractivity contribution in [3.63, 3.8) is 0 Å². The summed E-state index contributed by atoms with van der Waals surface area (Å²) < 4.78 is 21.8. The zero-order chi connectivity index (χ0) is 23.3. The number of fused-ring (bicyclic) bond motifs is 1. The molecule has 3 atom stereocenters.